The normalized spacial score (nSPS) is 14.7. The Hall–Kier alpha value is -5.00. The number of hydrogen-bond acceptors (Lipinski definition) is 0. The van der Waals surface area contributed by atoms with E-state index in [-0.39, 0.29) is 0 Å². The highest BCUT2D eigenvalue weighted by atomic mass is 15.0. The molecule has 7 rings (SSSR count). The van der Waals surface area contributed by atoms with Crippen LogP contribution in [0.5, 0.6) is 0 Å². The number of benzene rings is 4. The smallest absolute Gasteiger partial charge is 0.0618 e. The zero-order valence-electron chi connectivity index (χ0n) is 22.8. The third-order valence-electron chi connectivity index (χ3n) is 8.09. The molecule has 0 saturated carbocycles. The molecule has 1 atom stereocenters. The number of para-hydroxylation sites is 2. The van der Waals surface area contributed by atoms with Crippen LogP contribution in [0, 0.1) is 18.3 Å². The molecule has 0 radical (unpaired) electrons. The predicted molar refractivity (Wildman–Crippen MR) is 170 cm³/mol. The summed E-state index contributed by atoms with van der Waals surface area (Å²) in [6.07, 6.45) is 15.7. The Morgan fingerprint density at radius 2 is 1.30 bits per heavy atom. The van der Waals surface area contributed by atoms with Crippen molar-refractivity contribution in [1.29, 1.82) is 0 Å². The first-order valence-corrected chi connectivity index (χ1v) is 13.9. The first-order chi connectivity index (χ1) is 19.7. The van der Waals surface area contributed by atoms with E-state index in [2.05, 4.69) is 143 Å². The van der Waals surface area contributed by atoms with Crippen molar-refractivity contribution in [2.24, 2.45) is 5.92 Å². The Bertz CT molecular complexity index is 1930. The number of aromatic nitrogens is 2. The van der Waals surface area contributed by atoms with Gasteiger partial charge in [0.15, 0.2) is 0 Å². The zero-order chi connectivity index (χ0) is 27.2. The second kappa shape index (κ2) is 9.63. The third kappa shape index (κ3) is 3.74. The lowest BCUT2D eigenvalue weighted by atomic mass is 9.92. The van der Waals surface area contributed by atoms with E-state index in [4.69, 9.17) is 6.42 Å². The van der Waals surface area contributed by atoms with Crippen LogP contribution < -0.4 is 0 Å². The van der Waals surface area contributed by atoms with Crippen LogP contribution in [0.15, 0.2) is 109 Å². The third-order valence-corrected chi connectivity index (χ3v) is 8.09. The highest BCUT2D eigenvalue weighted by Crippen LogP contribution is 2.35. The Morgan fingerprint density at radius 1 is 0.750 bits per heavy atom. The predicted octanol–water partition coefficient (Wildman–Crippen LogP) is 9.46. The van der Waals surface area contributed by atoms with Gasteiger partial charge in [0.05, 0.1) is 28.0 Å². The van der Waals surface area contributed by atoms with Gasteiger partial charge in [-0.2, -0.15) is 0 Å². The van der Waals surface area contributed by atoms with Crippen molar-refractivity contribution >= 4 is 34.0 Å². The summed E-state index contributed by atoms with van der Waals surface area (Å²) in [7, 11) is 0. The quantitative estimate of drug-likeness (QED) is 0.207. The van der Waals surface area contributed by atoms with E-state index in [1.54, 1.807) is 0 Å². The van der Waals surface area contributed by atoms with Crippen molar-refractivity contribution in [2.75, 3.05) is 0 Å². The summed E-state index contributed by atoms with van der Waals surface area (Å²) in [5.74, 6) is 3.48. The summed E-state index contributed by atoms with van der Waals surface area (Å²) >= 11 is 0. The summed E-state index contributed by atoms with van der Waals surface area (Å²) in [4.78, 5) is 0. The number of fused-ring (bicyclic) bond motifs is 4. The van der Waals surface area contributed by atoms with Gasteiger partial charge in [0.1, 0.15) is 0 Å². The van der Waals surface area contributed by atoms with Crippen molar-refractivity contribution in [1.82, 2.24) is 9.13 Å². The topological polar surface area (TPSA) is 9.86 Å². The van der Waals surface area contributed by atoms with Crippen LogP contribution in [0.1, 0.15) is 36.4 Å². The Balaban J connectivity index is 1.27. The van der Waals surface area contributed by atoms with Gasteiger partial charge in [-0.05, 0) is 84.5 Å². The number of terminal acetylenes is 1. The minimum atomic E-state index is 0.488. The van der Waals surface area contributed by atoms with E-state index in [0.717, 1.165) is 29.1 Å². The maximum absolute atomic E-state index is 6.03. The van der Waals surface area contributed by atoms with Gasteiger partial charge in [-0.1, -0.05) is 85.7 Å². The second-order valence-electron chi connectivity index (χ2n) is 10.6. The van der Waals surface area contributed by atoms with Gasteiger partial charge in [0.2, 0.25) is 0 Å². The Labute approximate surface area is 235 Å². The van der Waals surface area contributed by atoms with Crippen molar-refractivity contribution in [3.63, 3.8) is 0 Å². The molecule has 1 aliphatic carbocycles. The Morgan fingerprint density at radius 3 is 1.85 bits per heavy atom. The van der Waals surface area contributed by atoms with Crippen molar-refractivity contribution < 1.29 is 0 Å². The van der Waals surface area contributed by atoms with Gasteiger partial charge in [-0.15, -0.1) is 6.42 Å². The fourth-order valence-corrected chi connectivity index (χ4v) is 6.25. The van der Waals surface area contributed by atoms with Gasteiger partial charge < -0.3 is 9.13 Å². The van der Waals surface area contributed by atoms with Crippen LogP contribution in [-0.4, -0.2) is 9.13 Å². The summed E-state index contributed by atoms with van der Waals surface area (Å²) in [6.45, 7) is 4.29. The fraction of sp³-hybridized carbons (Fsp3) is 0.105. The largest absolute Gasteiger partial charge is 0.309 e. The molecule has 0 amide bonds. The molecule has 0 N–H and O–H groups in total. The molecule has 2 heterocycles. The SMILES string of the molecule is C#Cc1c2c(n(-c3ccc(-c4ccc(-n5c6ccccc6c6ccccc65)cc4)cc3)c1C=CC)C=CC(C)C2. The number of nitrogens with zero attached hydrogens (tertiary/aromatic N) is 2. The number of allylic oxidation sites excluding steroid dienone is 2. The molecule has 6 aromatic rings. The molecular formula is C38H30N2. The minimum absolute atomic E-state index is 0.488. The van der Waals surface area contributed by atoms with E-state index in [0.29, 0.717) is 5.92 Å². The standard InChI is InChI=1S/C38H30N2/c1-4-10-35-31(5-2)34-25-26(3)15-24-38(34)39(35)29-20-16-27(17-21-29)28-18-22-30(23-19-28)40-36-13-8-6-11-32(36)33-12-7-9-14-37(33)40/h2,4,6-24,26H,25H2,1,3H3. The van der Waals surface area contributed by atoms with Crippen LogP contribution in [0.2, 0.25) is 0 Å². The molecule has 2 aromatic heterocycles. The van der Waals surface area contributed by atoms with Gasteiger partial charge in [0, 0.05) is 22.1 Å². The Kier molecular flexibility index (Phi) is 5.80. The molecule has 0 aliphatic heterocycles. The molecule has 0 spiro atoms. The molecule has 0 saturated heterocycles. The molecule has 1 aliphatic rings. The zero-order valence-corrected chi connectivity index (χ0v) is 22.8. The van der Waals surface area contributed by atoms with Gasteiger partial charge in [0.25, 0.3) is 0 Å². The average molecular weight is 515 g/mol. The highest BCUT2D eigenvalue weighted by Gasteiger charge is 2.23. The van der Waals surface area contributed by atoms with E-state index in [1.165, 1.54) is 44.2 Å². The number of hydrogen-bond donors (Lipinski definition) is 0. The van der Waals surface area contributed by atoms with Gasteiger partial charge >= 0.3 is 0 Å². The van der Waals surface area contributed by atoms with Gasteiger partial charge in [-0.25, -0.2) is 0 Å². The molecule has 40 heavy (non-hydrogen) atoms. The van der Waals surface area contributed by atoms with E-state index < -0.39 is 0 Å². The molecular weight excluding hydrogens is 484 g/mol. The molecule has 1 unspecified atom stereocenters. The van der Waals surface area contributed by atoms with Crippen LogP contribution in [0.4, 0.5) is 0 Å². The first-order valence-electron chi connectivity index (χ1n) is 13.9. The molecule has 2 heteroatoms. The summed E-state index contributed by atoms with van der Waals surface area (Å²) < 4.78 is 4.66. The molecule has 0 bridgehead atoms. The average Bonchev–Trinajstić information content (AvgIpc) is 3.49. The van der Waals surface area contributed by atoms with Crippen molar-refractivity contribution in [3.8, 4) is 34.8 Å². The summed E-state index contributed by atoms with van der Waals surface area (Å²) in [5, 5.41) is 2.55. The van der Waals surface area contributed by atoms with Gasteiger partial charge in [-0.3, -0.25) is 0 Å². The first kappa shape index (κ1) is 24.1. The van der Waals surface area contributed by atoms with Crippen LogP contribution in [-0.2, 0) is 6.42 Å². The molecule has 4 aromatic carbocycles. The molecule has 2 nitrogen and oxygen atoms in total. The second-order valence-corrected chi connectivity index (χ2v) is 10.6. The molecule has 0 fully saturated rings. The summed E-state index contributed by atoms with van der Waals surface area (Å²) in [5.41, 5.74) is 11.7. The maximum Gasteiger partial charge on any atom is 0.0618 e. The van der Waals surface area contributed by atoms with Crippen LogP contribution in [0.3, 0.4) is 0 Å². The minimum Gasteiger partial charge on any atom is -0.309 e. The van der Waals surface area contributed by atoms with Crippen LogP contribution in [0.25, 0.3) is 56.5 Å². The fourth-order valence-electron chi connectivity index (χ4n) is 6.25. The summed E-state index contributed by atoms with van der Waals surface area (Å²) in [6, 6.07) is 35.0. The molecule has 192 valence electrons. The monoisotopic (exact) mass is 514 g/mol. The lowest BCUT2D eigenvalue weighted by molar-refractivity contribution is 0.714. The van der Waals surface area contributed by atoms with Crippen LogP contribution >= 0.6 is 0 Å². The van der Waals surface area contributed by atoms with Crippen molar-refractivity contribution in [3.05, 3.63) is 132 Å². The van der Waals surface area contributed by atoms with Crippen molar-refractivity contribution in [2.45, 2.75) is 20.3 Å². The lowest BCUT2D eigenvalue weighted by Gasteiger charge is -2.16. The highest BCUT2D eigenvalue weighted by molar-refractivity contribution is 6.09. The van der Waals surface area contributed by atoms with E-state index in [9.17, 15) is 0 Å². The maximum atomic E-state index is 6.03. The lowest BCUT2D eigenvalue weighted by Crippen LogP contribution is -2.06. The van der Waals surface area contributed by atoms with E-state index >= 15 is 0 Å². The number of rotatable bonds is 4. The van der Waals surface area contributed by atoms with E-state index in [1.807, 2.05) is 6.92 Å².